The predicted octanol–water partition coefficient (Wildman–Crippen LogP) is 4.92. The number of benzene rings is 1. The third-order valence-electron chi connectivity index (χ3n) is 5.88. The largest absolute Gasteiger partial charge is 0.321 e. The van der Waals surface area contributed by atoms with Gasteiger partial charge in [0, 0.05) is 5.54 Å². The predicted molar refractivity (Wildman–Crippen MR) is 85.6 cm³/mol. The molecule has 2 aliphatic carbocycles. The smallest absolute Gasteiger partial charge is 0.0443 e. The summed E-state index contributed by atoms with van der Waals surface area (Å²) in [5.74, 6) is 1.58. The Balaban J connectivity index is 1.92. The van der Waals surface area contributed by atoms with Crippen molar-refractivity contribution in [2.24, 2.45) is 17.6 Å². The number of hydrogen-bond donors (Lipinski definition) is 1. The Morgan fingerprint density at radius 3 is 2.40 bits per heavy atom. The van der Waals surface area contributed by atoms with Crippen molar-refractivity contribution in [3.05, 3.63) is 35.4 Å². The molecule has 1 aromatic rings. The van der Waals surface area contributed by atoms with Crippen LogP contribution >= 0.6 is 0 Å². The van der Waals surface area contributed by atoms with Crippen molar-refractivity contribution >= 4 is 0 Å². The summed E-state index contributed by atoms with van der Waals surface area (Å²) >= 11 is 0. The lowest BCUT2D eigenvalue weighted by Crippen LogP contribution is -2.50. The molecule has 0 saturated heterocycles. The Morgan fingerprint density at radius 1 is 0.950 bits per heavy atom. The minimum absolute atomic E-state index is 0.0639. The summed E-state index contributed by atoms with van der Waals surface area (Å²) < 4.78 is 0. The van der Waals surface area contributed by atoms with Crippen molar-refractivity contribution in [3.63, 3.8) is 0 Å². The van der Waals surface area contributed by atoms with E-state index in [4.69, 9.17) is 5.73 Å². The molecule has 1 aromatic carbocycles. The fraction of sp³-hybridized carbons (Fsp3) is 0.684. The quantitative estimate of drug-likeness (QED) is 0.811. The summed E-state index contributed by atoms with van der Waals surface area (Å²) in [6.07, 6.45) is 12.3. The first kappa shape index (κ1) is 14.1. The van der Waals surface area contributed by atoms with E-state index in [1.54, 1.807) is 0 Å². The van der Waals surface area contributed by atoms with E-state index in [1.807, 2.05) is 0 Å². The molecule has 0 heterocycles. The molecule has 2 atom stereocenters. The number of aryl methyl sites for hydroxylation is 1. The van der Waals surface area contributed by atoms with E-state index < -0.39 is 0 Å². The molecule has 0 radical (unpaired) electrons. The Bertz CT molecular complexity index is 447. The van der Waals surface area contributed by atoms with Crippen LogP contribution in [-0.4, -0.2) is 0 Å². The van der Waals surface area contributed by atoms with Gasteiger partial charge in [0.25, 0.3) is 0 Å². The molecule has 110 valence electrons. The molecule has 0 spiro atoms. The molecule has 2 saturated carbocycles. The fourth-order valence-electron chi connectivity index (χ4n) is 4.85. The summed E-state index contributed by atoms with van der Waals surface area (Å²) in [6, 6.07) is 8.83. The highest BCUT2D eigenvalue weighted by molar-refractivity contribution is 5.34. The molecule has 0 aliphatic heterocycles. The molecule has 2 aliphatic rings. The van der Waals surface area contributed by atoms with Gasteiger partial charge in [-0.05, 0) is 42.7 Å². The molecule has 20 heavy (non-hydrogen) atoms. The molecule has 1 heteroatoms. The van der Waals surface area contributed by atoms with Gasteiger partial charge in [-0.2, -0.15) is 0 Å². The van der Waals surface area contributed by atoms with Gasteiger partial charge in [-0.25, -0.2) is 0 Å². The summed E-state index contributed by atoms with van der Waals surface area (Å²) in [5.41, 5.74) is 9.81. The van der Waals surface area contributed by atoms with Crippen molar-refractivity contribution < 1.29 is 0 Å². The molecule has 0 amide bonds. The fourth-order valence-corrected chi connectivity index (χ4v) is 4.85. The van der Waals surface area contributed by atoms with Crippen molar-refractivity contribution in [1.29, 1.82) is 0 Å². The topological polar surface area (TPSA) is 26.0 Å². The van der Waals surface area contributed by atoms with Crippen LogP contribution in [0.1, 0.15) is 68.9 Å². The van der Waals surface area contributed by atoms with Crippen LogP contribution in [0.15, 0.2) is 24.3 Å². The standard InChI is InChI=1S/C19H29N/c1-15-9-5-6-12-17(15)19(20)14-8-7-13-18(19)16-10-3-2-4-11-16/h5-6,9,12,16,18H,2-4,7-8,10-11,13-14,20H2,1H3. The van der Waals surface area contributed by atoms with Crippen molar-refractivity contribution in [2.45, 2.75) is 70.3 Å². The average Bonchev–Trinajstić information content (AvgIpc) is 2.49. The van der Waals surface area contributed by atoms with Gasteiger partial charge in [0.15, 0.2) is 0 Å². The third kappa shape index (κ3) is 2.53. The highest BCUT2D eigenvalue weighted by atomic mass is 14.8. The summed E-state index contributed by atoms with van der Waals surface area (Å²) in [6.45, 7) is 2.23. The maximum atomic E-state index is 7.06. The first-order valence-electron chi connectivity index (χ1n) is 8.57. The van der Waals surface area contributed by atoms with E-state index in [0.717, 1.165) is 5.92 Å². The molecule has 0 aromatic heterocycles. The number of nitrogens with two attached hydrogens (primary N) is 1. The zero-order valence-electron chi connectivity index (χ0n) is 12.9. The Kier molecular flexibility index (Phi) is 4.16. The molecular formula is C19H29N. The van der Waals surface area contributed by atoms with E-state index >= 15 is 0 Å². The number of rotatable bonds is 2. The zero-order chi connectivity index (χ0) is 14.0. The Morgan fingerprint density at radius 2 is 1.65 bits per heavy atom. The molecular weight excluding hydrogens is 242 g/mol. The van der Waals surface area contributed by atoms with E-state index in [0.29, 0.717) is 5.92 Å². The SMILES string of the molecule is Cc1ccccc1C1(N)CCCCC1C1CCCCC1. The van der Waals surface area contributed by atoms with Gasteiger partial charge in [-0.15, -0.1) is 0 Å². The van der Waals surface area contributed by atoms with Crippen LogP contribution in [0.2, 0.25) is 0 Å². The maximum absolute atomic E-state index is 7.06. The van der Waals surface area contributed by atoms with Crippen molar-refractivity contribution in [2.75, 3.05) is 0 Å². The Labute approximate surface area is 124 Å². The molecule has 2 unspecified atom stereocenters. The van der Waals surface area contributed by atoms with Gasteiger partial charge in [0.05, 0.1) is 0 Å². The second-order valence-corrected chi connectivity index (χ2v) is 7.11. The first-order valence-corrected chi connectivity index (χ1v) is 8.57. The van der Waals surface area contributed by atoms with Crippen LogP contribution in [0.4, 0.5) is 0 Å². The van der Waals surface area contributed by atoms with Gasteiger partial charge < -0.3 is 5.73 Å². The Hall–Kier alpha value is -0.820. The zero-order valence-corrected chi connectivity index (χ0v) is 12.9. The third-order valence-corrected chi connectivity index (χ3v) is 5.88. The highest BCUT2D eigenvalue weighted by Crippen LogP contribution is 2.48. The van der Waals surface area contributed by atoms with Crippen molar-refractivity contribution in [3.8, 4) is 0 Å². The van der Waals surface area contributed by atoms with Gasteiger partial charge in [0.1, 0.15) is 0 Å². The highest BCUT2D eigenvalue weighted by Gasteiger charge is 2.43. The van der Waals surface area contributed by atoms with Crippen LogP contribution in [-0.2, 0) is 5.54 Å². The first-order chi connectivity index (χ1) is 9.72. The normalized spacial score (nSPS) is 32.2. The summed E-state index contributed by atoms with van der Waals surface area (Å²) in [4.78, 5) is 0. The lowest BCUT2D eigenvalue weighted by Gasteiger charge is -2.47. The molecule has 0 bridgehead atoms. The lowest BCUT2D eigenvalue weighted by atomic mass is 9.61. The van der Waals surface area contributed by atoms with Crippen LogP contribution < -0.4 is 5.73 Å². The average molecular weight is 271 g/mol. The van der Waals surface area contributed by atoms with Crippen LogP contribution in [0.3, 0.4) is 0 Å². The lowest BCUT2D eigenvalue weighted by molar-refractivity contribution is 0.0981. The summed E-state index contributed by atoms with van der Waals surface area (Å²) in [7, 11) is 0. The van der Waals surface area contributed by atoms with Crippen LogP contribution in [0.5, 0.6) is 0 Å². The monoisotopic (exact) mass is 271 g/mol. The van der Waals surface area contributed by atoms with Crippen LogP contribution in [0, 0.1) is 18.8 Å². The second-order valence-electron chi connectivity index (χ2n) is 7.11. The maximum Gasteiger partial charge on any atom is 0.0443 e. The molecule has 3 rings (SSSR count). The van der Waals surface area contributed by atoms with E-state index in [9.17, 15) is 0 Å². The van der Waals surface area contributed by atoms with E-state index in [1.165, 1.54) is 68.9 Å². The van der Waals surface area contributed by atoms with E-state index in [2.05, 4.69) is 31.2 Å². The molecule has 1 nitrogen and oxygen atoms in total. The van der Waals surface area contributed by atoms with E-state index in [-0.39, 0.29) is 5.54 Å². The van der Waals surface area contributed by atoms with Crippen LogP contribution in [0.25, 0.3) is 0 Å². The van der Waals surface area contributed by atoms with Crippen molar-refractivity contribution in [1.82, 2.24) is 0 Å². The molecule has 2 N–H and O–H groups in total. The van der Waals surface area contributed by atoms with Gasteiger partial charge in [0.2, 0.25) is 0 Å². The van der Waals surface area contributed by atoms with Gasteiger partial charge in [-0.3, -0.25) is 0 Å². The van der Waals surface area contributed by atoms with Gasteiger partial charge >= 0.3 is 0 Å². The minimum atomic E-state index is -0.0639. The van der Waals surface area contributed by atoms with Gasteiger partial charge in [-0.1, -0.05) is 69.2 Å². The summed E-state index contributed by atoms with van der Waals surface area (Å²) in [5, 5.41) is 0. The number of hydrogen-bond acceptors (Lipinski definition) is 1. The second kappa shape index (κ2) is 5.89. The molecule has 2 fully saturated rings. The minimum Gasteiger partial charge on any atom is -0.321 e.